The zero-order valence-electron chi connectivity index (χ0n) is 6.87. The number of fused-ring (bicyclic) bond motifs is 1. The number of imidazole rings is 1. The number of hydrogen-bond acceptors (Lipinski definition) is 1. The molecule has 0 saturated heterocycles. The van der Waals surface area contributed by atoms with E-state index in [9.17, 15) is 0 Å². The maximum atomic E-state index is 4.22. The van der Waals surface area contributed by atoms with Gasteiger partial charge in [0.1, 0.15) is 11.3 Å². The van der Waals surface area contributed by atoms with Gasteiger partial charge in [0, 0.05) is 6.20 Å². The van der Waals surface area contributed by atoms with Gasteiger partial charge in [0.15, 0.2) is 0 Å². The number of hydrogen-bond donors (Lipinski definition) is 0. The van der Waals surface area contributed by atoms with E-state index in [-0.39, 0.29) is 0 Å². The van der Waals surface area contributed by atoms with E-state index in [1.165, 1.54) is 0 Å². The molecule has 0 unspecified atom stereocenters. The van der Waals surface area contributed by atoms with Crippen LogP contribution in [-0.4, -0.2) is 14.7 Å². The molecule has 0 bridgehead atoms. The van der Waals surface area contributed by atoms with E-state index >= 15 is 0 Å². The number of nitrogens with zero attached hydrogens (tertiary/aromatic N) is 2. The number of halogens is 1. The fraction of sp³-hybridized carbons (Fsp3) is 0.100. The normalized spacial score (nSPS) is 9.62. The minimum Gasteiger partial charge on any atom is -0.293 e. The molecule has 0 fully saturated rings. The number of rotatable bonds is 0. The van der Waals surface area contributed by atoms with Crippen LogP contribution in [0.2, 0.25) is 0 Å². The van der Waals surface area contributed by atoms with Crippen molar-refractivity contribution in [3.63, 3.8) is 0 Å². The van der Waals surface area contributed by atoms with Gasteiger partial charge in [0.25, 0.3) is 0 Å². The van der Waals surface area contributed by atoms with Gasteiger partial charge < -0.3 is 0 Å². The van der Waals surface area contributed by atoms with Crippen molar-refractivity contribution in [2.45, 2.75) is 0 Å². The van der Waals surface area contributed by atoms with Gasteiger partial charge in [-0.3, -0.25) is 4.40 Å². The first-order valence-electron chi connectivity index (χ1n) is 3.89. The summed E-state index contributed by atoms with van der Waals surface area (Å²) in [6.07, 6.45) is 3.74. The highest BCUT2D eigenvalue weighted by Gasteiger charge is 1.96. The van der Waals surface area contributed by atoms with Crippen LogP contribution in [0.3, 0.4) is 0 Å². The van der Waals surface area contributed by atoms with Crippen LogP contribution in [0, 0.1) is 11.8 Å². The number of alkyl halides is 1. The zero-order valence-corrected chi connectivity index (χ0v) is 8.45. The molecule has 0 radical (unpaired) electrons. The van der Waals surface area contributed by atoms with Crippen LogP contribution in [-0.2, 0) is 0 Å². The summed E-state index contributed by atoms with van der Waals surface area (Å²) < 4.78 is 1.97. The molecule has 0 amide bonds. The fourth-order valence-electron chi connectivity index (χ4n) is 1.15. The van der Waals surface area contributed by atoms with Gasteiger partial charge >= 0.3 is 0 Å². The number of pyridine rings is 1. The van der Waals surface area contributed by atoms with Crippen molar-refractivity contribution >= 4 is 21.6 Å². The van der Waals surface area contributed by atoms with Crippen molar-refractivity contribution in [3.05, 3.63) is 36.3 Å². The van der Waals surface area contributed by atoms with Crippen LogP contribution in [0.5, 0.6) is 0 Å². The second-order valence-corrected chi connectivity index (χ2v) is 3.07. The zero-order chi connectivity index (χ0) is 9.10. The summed E-state index contributed by atoms with van der Waals surface area (Å²) in [4.78, 5) is 4.22. The van der Waals surface area contributed by atoms with Gasteiger partial charge in [-0.05, 0) is 18.1 Å². The van der Waals surface area contributed by atoms with Gasteiger partial charge in [-0.1, -0.05) is 27.9 Å². The van der Waals surface area contributed by atoms with Crippen LogP contribution in [0.25, 0.3) is 5.65 Å². The Kier molecular flexibility index (Phi) is 2.33. The smallest absolute Gasteiger partial charge is 0.137 e. The van der Waals surface area contributed by atoms with Gasteiger partial charge in [0.2, 0.25) is 0 Å². The Hall–Kier alpha value is -1.27. The molecule has 0 saturated carbocycles. The lowest BCUT2D eigenvalue weighted by molar-refractivity contribution is 1.16. The average molecular weight is 235 g/mol. The van der Waals surface area contributed by atoms with Crippen molar-refractivity contribution in [3.8, 4) is 11.8 Å². The SMILES string of the molecule is BrCC#Cc1cnc2ccccn12. The lowest BCUT2D eigenvalue weighted by Crippen LogP contribution is -1.85. The van der Waals surface area contributed by atoms with Crippen molar-refractivity contribution < 1.29 is 0 Å². The van der Waals surface area contributed by atoms with Crippen molar-refractivity contribution in [2.75, 3.05) is 5.33 Å². The highest BCUT2D eigenvalue weighted by atomic mass is 79.9. The third-order valence-electron chi connectivity index (χ3n) is 1.70. The van der Waals surface area contributed by atoms with Gasteiger partial charge in [-0.25, -0.2) is 4.98 Å². The van der Waals surface area contributed by atoms with Crippen molar-refractivity contribution in [1.82, 2.24) is 9.38 Å². The monoisotopic (exact) mass is 234 g/mol. The van der Waals surface area contributed by atoms with Gasteiger partial charge in [-0.15, -0.1) is 0 Å². The van der Waals surface area contributed by atoms with E-state index in [4.69, 9.17) is 0 Å². The molecule has 0 aliphatic heterocycles. The van der Waals surface area contributed by atoms with Crippen molar-refractivity contribution in [1.29, 1.82) is 0 Å². The summed E-state index contributed by atoms with van der Waals surface area (Å²) in [6.45, 7) is 0. The first kappa shape index (κ1) is 8.33. The Morgan fingerprint density at radius 1 is 1.46 bits per heavy atom. The molecule has 2 aromatic heterocycles. The largest absolute Gasteiger partial charge is 0.293 e. The maximum absolute atomic E-state index is 4.22. The maximum Gasteiger partial charge on any atom is 0.137 e. The number of aromatic nitrogens is 2. The highest BCUT2D eigenvalue weighted by molar-refractivity contribution is 9.09. The summed E-state index contributed by atoms with van der Waals surface area (Å²) >= 11 is 3.26. The summed E-state index contributed by atoms with van der Waals surface area (Å²) in [7, 11) is 0. The van der Waals surface area contributed by atoms with Gasteiger partial charge in [-0.2, -0.15) is 0 Å². The van der Waals surface area contributed by atoms with Crippen molar-refractivity contribution in [2.24, 2.45) is 0 Å². The molecule has 0 aromatic carbocycles. The Morgan fingerprint density at radius 3 is 3.23 bits per heavy atom. The van der Waals surface area contributed by atoms with Crippen LogP contribution in [0.15, 0.2) is 30.6 Å². The van der Waals surface area contributed by atoms with E-state index in [1.54, 1.807) is 6.20 Å². The van der Waals surface area contributed by atoms with Crippen LogP contribution in [0.4, 0.5) is 0 Å². The first-order chi connectivity index (χ1) is 6.42. The summed E-state index contributed by atoms with van der Waals surface area (Å²) in [5.41, 5.74) is 1.86. The Labute approximate surface area is 84.7 Å². The van der Waals surface area contributed by atoms with Crippen LogP contribution in [0.1, 0.15) is 5.69 Å². The Balaban J connectivity index is 2.58. The summed E-state index contributed by atoms with van der Waals surface area (Å²) in [6, 6.07) is 5.89. The lowest BCUT2D eigenvalue weighted by Gasteiger charge is -1.91. The summed E-state index contributed by atoms with van der Waals surface area (Å²) in [5, 5.41) is 0.688. The van der Waals surface area contributed by atoms with E-state index in [2.05, 4.69) is 32.8 Å². The van der Waals surface area contributed by atoms with E-state index in [0.717, 1.165) is 11.3 Å². The molecule has 2 aromatic rings. The molecular weight excluding hydrogens is 228 g/mol. The molecule has 13 heavy (non-hydrogen) atoms. The Morgan fingerprint density at radius 2 is 2.38 bits per heavy atom. The summed E-state index contributed by atoms with van der Waals surface area (Å²) in [5.74, 6) is 5.97. The molecule has 0 N–H and O–H groups in total. The molecule has 2 rings (SSSR count). The second-order valence-electron chi connectivity index (χ2n) is 2.51. The quantitative estimate of drug-likeness (QED) is 0.504. The third kappa shape index (κ3) is 1.58. The minimum absolute atomic E-state index is 0.688. The van der Waals surface area contributed by atoms with E-state index < -0.39 is 0 Å². The predicted molar refractivity (Wildman–Crippen MR) is 55.9 cm³/mol. The third-order valence-corrected chi connectivity index (χ3v) is 1.98. The molecule has 2 nitrogen and oxygen atoms in total. The second kappa shape index (κ2) is 3.63. The molecule has 0 aliphatic carbocycles. The standard InChI is InChI=1S/C10H7BrN2/c11-6-3-4-9-8-12-10-5-1-2-7-13(9)10/h1-2,5,7-8H,6H2. The highest BCUT2D eigenvalue weighted by Crippen LogP contribution is 2.03. The fourth-order valence-corrected chi connectivity index (χ4v) is 1.29. The minimum atomic E-state index is 0.688. The molecule has 3 heteroatoms. The molecular formula is C10H7BrN2. The topological polar surface area (TPSA) is 17.3 Å². The molecule has 0 aliphatic rings. The lowest BCUT2D eigenvalue weighted by atomic mass is 10.4. The van der Waals surface area contributed by atoms with Crippen LogP contribution < -0.4 is 0 Å². The molecule has 2 heterocycles. The van der Waals surface area contributed by atoms with E-state index in [0.29, 0.717) is 5.33 Å². The first-order valence-corrected chi connectivity index (χ1v) is 5.01. The average Bonchev–Trinajstić information content (AvgIpc) is 2.58. The molecule has 0 atom stereocenters. The predicted octanol–water partition coefficient (Wildman–Crippen LogP) is 2.08. The van der Waals surface area contributed by atoms with E-state index in [1.807, 2.05) is 28.8 Å². The van der Waals surface area contributed by atoms with Crippen LogP contribution >= 0.6 is 15.9 Å². The molecule has 64 valence electrons. The Bertz CT molecular complexity index is 476. The molecule has 0 spiro atoms. The van der Waals surface area contributed by atoms with Gasteiger partial charge in [0.05, 0.1) is 11.5 Å².